The molecule has 3 N–H and O–H groups in total. The van der Waals surface area contributed by atoms with Crippen molar-refractivity contribution in [2.75, 3.05) is 20.3 Å². The molecule has 1 aromatic rings. The predicted octanol–water partition coefficient (Wildman–Crippen LogP) is 1.29. The van der Waals surface area contributed by atoms with E-state index in [9.17, 15) is 0 Å². The van der Waals surface area contributed by atoms with Gasteiger partial charge >= 0.3 is 0 Å². The van der Waals surface area contributed by atoms with Crippen LogP contribution in [-0.4, -0.2) is 37.3 Å². The Morgan fingerprint density at radius 2 is 2.45 bits per heavy atom. The second-order valence-electron chi connectivity index (χ2n) is 4.39. The van der Waals surface area contributed by atoms with Gasteiger partial charge in [0.05, 0.1) is 25.5 Å². The molecule has 1 atom stereocenters. The second-order valence-corrected chi connectivity index (χ2v) is 4.39. The Labute approximate surface area is 136 Å². The minimum atomic E-state index is 0. The molecule has 1 fully saturated rings. The van der Waals surface area contributed by atoms with Crippen molar-refractivity contribution in [3.8, 4) is 5.88 Å². The lowest BCUT2D eigenvalue weighted by atomic mass is 10.2. The Hall–Kier alpha value is -1.09. The molecule has 2 heterocycles. The molecule has 0 aromatic carbocycles. The summed E-state index contributed by atoms with van der Waals surface area (Å²) in [5, 5.41) is 3.07. The van der Waals surface area contributed by atoms with Gasteiger partial charge in [-0.3, -0.25) is 0 Å². The van der Waals surface area contributed by atoms with Crippen molar-refractivity contribution in [1.29, 1.82) is 0 Å². The number of halogens is 1. The van der Waals surface area contributed by atoms with Crippen LogP contribution in [0.15, 0.2) is 23.2 Å². The molecule has 1 aromatic heterocycles. The number of methoxy groups -OCH3 is 1. The normalized spacial score (nSPS) is 18.4. The third kappa shape index (κ3) is 5.49. The number of rotatable bonds is 5. The number of aliphatic imine (C=N–C) groups is 1. The lowest BCUT2D eigenvalue weighted by Crippen LogP contribution is -2.37. The Morgan fingerprint density at radius 3 is 3.15 bits per heavy atom. The number of aromatic nitrogens is 1. The minimum absolute atomic E-state index is 0. The van der Waals surface area contributed by atoms with Crippen molar-refractivity contribution in [2.24, 2.45) is 10.7 Å². The molecule has 0 radical (unpaired) electrons. The van der Waals surface area contributed by atoms with Crippen LogP contribution in [0.25, 0.3) is 0 Å². The maximum Gasteiger partial charge on any atom is 0.213 e. The van der Waals surface area contributed by atoms with Gasteiger partial charge < -0.3 is 20.5 Å². The summed E-state index contributed by atoms with van der Waals surface area (Å²) in [6.45, 7) is 1.99. The van der Waals surface area contributed by atoms with E-state index >= 15 is 0 Å². The van der Waals surface area contributed by atoms with Crippen molar-refractivity contribution < 1.29 is 9.47 Å². The molecule has 0 saturated carbocycles. The fourth-order valence-corrected chi connectivity index (χ4v) is 1.91. The summed E-state index contributed by atoms with van der Waals surface area (Å²) in [6, 6.07) is 5.57. The summed E-state index contributed by atoms with van der Waals surface area (Å²) in [6.07, 6.45) is 2.46. The number of nitrogens with one attached hydrogen (secondary N) is 1. The minimum Gasteiger partial charge on any atom is -0.481 e. The van der Waals surface area contributed by atoms with Crippen LogP contribution in [0.2, 0.25) is 0 Å². The van der Waals surface area contributed by atoms with Gasteiger partial charge in [0.2, 0.25) is 5.88 Å². The van der Waals surface area contributed by atoms with Gasteiger partial charge in [0, 0.05) is 19.2 Å². The molecule has 20 heavy (non-hydrogen) atoms. The van der Waals surface area contributed by atoms with E-state index in [2.05, 4.69) is 15.3 Å². The summed E-state index contributed by atoms with van der Waals surface area (Å²) in [4.78, 5) is 8.50. The average molecular weight is 392 g/mol. The quantitative estimate of drug-likeness (QED) is 0.449. The highest BCUT2D eigenvalue weighted by molar-refractivity contribution is 14.0. The van der Waals surface area contributed by atoms with E-state index in [1.54, 1.807) is 13.2 Å². The van der Waals surface area contributed by atoms with Crippen molar-refractivity contribution >= 4 is 29.9 Å². The van der Waals surface area contributed by atoms with E-state index in [0.29, 0.717) is 24.9 Å². The van der Waals surface area contributed by atoms with Crippen LogP contribution >= 0.6 is 24.0 Å². The van der Waals surface area contributed by atoms with Gasteiger partial charge in [-0.05, 0) is 18.9 Å². The van der Waals surface area contributed by atoms with Crippen LogP contribution in [-0.2, 0) is 11.3 Å². The maximum atomic E-state index is 5.79. The number of hydrogen-bond acceptors (Lipinski definition) is 4. The Bertz CT molecular complexity index is 436. The van der Waals surface area contributed by atoms with E-state index in [-0.39, 0.29) is 30.1 Å². The zero-order valence-electron chi connectivity index (χ0n) is 11.5. The van der Waals surface area contributed by atoms with Gasteiger partial charge in [0.15, 0.2) is 5.96 Å². The number of nitrogens with zero attached hydrogens (tertiary/aromatic N) is 2. The molecule has 1 unspecified atom stereocenters. The van der Waals surface area contributed by atoms with Crippen molar-refractivity contribution in [1.82, 2.24) is 10.3 Å². The fourth-order valence-electron chi connectivity index (χ4n) is 1.91. The first-order valence-corrected chi connectivity index (χ1v) is 6.43. The van der Waals surface area contributed by atoms with Gasteiger partial charge in [0.1, 0.15) is 0 Å². The van der Waals surface area contributed by atoms with Crippen molar-refractivity contribution in [3.63, 3.8) is 0 Å². The number of nitrogens with two attached hydrogens (primary N) is 1. The largest absolute Gasteiger partial charge is 0.481 e. The first kappa shape index (κ1) is 17.0. The molecule has 1 saturated heterocycles. The topological polar surface area (TPSA) is 81.8 Å². The predicted molar refractivity (Wildman–Crippen MR) is 88.5 cm³/mol. The highest BCUT2D eigenvalue weighted by Crippen LogP contribution is 2.10. The summed E-state index contributed by atoms with van der Waals surface area (Å²) >= 11 is 0. The van der Waals surface area contributed by atoms with Crippen LogP contribution in [0.3, 0.4) is 0 Å². The number of pyridine rings is 1. The van der Waals surface area contributed by atoms with Crippen LogP contribution in [0.4, 0.5) is 0 Å². The Kier molecular flexibility index (Phi) is 7.60. The first-order valence-electron chi connectivity index (χ1n) is 6.43. The highest BCUT2D eigenvalue weighted by Gasteiger charge is 2.14. The van der Waals surface area contributed by atoms with Crippen LogP contribution < -0.4 is 15.8 Å². The van der Waals surface area contributed by atoms with E-state index in [0.717, 1.165) is 25.1 Å². The SMILES string of the molecule is COc1cccc(CN=C(N)NCC2CCCO2)n1.I. The monoisotopic (exact) mass is 392 g/mol. The summed E-state index contributed by atoms with van der Waals surface area (Å²) in [5.74, 6) is 0.999. The maximum absolute atomic E-state index is 5.79. The van der Waals surface area contributed by atoms with Crippen LogP contribution in [0.5, 0.6) is 5.88 Å². The zero-order chi connectivity index (χ0) is 13.5. The lowest BCUT2D eigenvalue weighted by molar-refractivity contribution is 0.114. The smallest absolute Gasteiger partial charge is 0.213 e. The summed E-state index contributed by atoms with van der Waals surface area (Å²) in [5.41, 5.74) is 6.62. The molecule has 0 amide bonds. The number of guanidine groups is 1. The van der Waals surface area contributed by atoms with Gasteiger partial charge in [0.25, 0.3) is 0 Å². The molecule has 0 spiro atoms. The number of hydrogen-bond donors (Lipinski definition) is 2. The summed E-state index contributed by atoms with van der Waals surface area (Å²) < 4.78 is 10.5. The summed E-state index contributed by atoms with van der Waals surface area (Å²) in [7, 11) is 1.59. The molecule has 6 nitrogen and oxygen atoms in total. The first-order chi connectivity index (χ1) is 9.28. The molecule has 0 bridgehead atoms. The average Bonchev–Trinajstić information content (AvgIpc) is 2.96. The third-order valence-electron chi connectivity index (χ3n) is 2.94. The van der Waals surface area contributed by atoms with Gasteiger partial charge in [-0.15, -0.1) is 24.0 Å². The van der Waals surface area contributed by atoms with Crippen LogP contribution in [0, 0.1) is 0 Å². The Morgan fingerprint density at radius 1 is 1.60 bits per heavy atom. The van der Waals surface area contributed by atoms with Gasteiger partial charge in [-0.1, -0.05) is 6.07 Å². The Balaban J connectivity index is 0.00000200. The number of ether oxygens (including phenoxy) is 2. The molecular formula is C13H21IN4O2. The molecule has 112 valence electrons. The van der Waals surface area contributed by atoms with Crippen molar-refractivity contribution in [2.45, 2.75) is 25.5 Å². The van der Waals surface area contributed by atoms with E-state index in [1.165, 1.54) is 0 Å². The van der Waals surface area contributed by atoms with Crippen LogP contribution in [0.1, 0.15) is 18.5 Å². The highest BCUT2D eigenvalue weighted by atomic mass is 127. The van der Waals surface area contributed by atoms with Gasteiger partial charge in [-0.25, -0.2) is 9.98 Å². The van der Waals surface area contributed by atoms with E-state index < -0.39 is 0 Å². The third-order valence-corrected chi connectivity index (χ3v) is 2.94. The second kappa shape index (κ2) is 8.96. The zero-order valence-corrected chi connectivity index (χ0v) is 13.9. The van der Waals surface area contributed by atoms with Gasteiger partial charge in [-0.2, -0.15) is 0 Å². The molecule has 2 rings (SSSR count). The molecule has 7 heteroatoms. The lowest BCUT2D eigenvalue weighted by Gasteiger charge is -2.11. The molecule has 1 aliphatic heterocycles. The standard InChI is InChI=1S/C13H20N4O2.HI/c1-18-12-6-2-4-10(17-12)8-15-13(14)16-9-11-5-3-7-19-11;/h2,4,6,11H,3,5,7-9H2,1H3,(H3,14,15,16);1H. The molecular weight excluding hydrogens is 371 g/mol. The van der Waals surface area contributed by atoms with E-state index in [1.807, 2.05) is 12.1 Å². The van der Waals surface area contributed by atoms with E-state index in [4.69, 9.17) is 15.2 Å². The molecule has 1 aliphatic rings. The molecule has 0 aliphatic carbocycles. The van der Waals surface area contributed by atoms with Crippen molar-refractivity contribution in [3.05, 3.63) is 23.9 Å². The fraction of sp³-hybridized carbons (Fsp3) is 0.538.